The van der Waals surface area contributed by atoms with E-state index in [1.807, 2.05) is 54.6 Å². The van der Waals surface area contributed by atoms with Crippen LogP contribution in [0.3, 0.4) is 0 Å². The van der Waals surface area contributed by atoms with Crippen LogP contribution in [0.2, 0.25) is 0 Å². The Labute approximate surface area is 134 Å². The largest absolute Gasteiger partial charge is 0.456 e. The van der Waals surface area contributed by atoms with Gasteiger partial charge < -0.3 is 13.9 Å². The van der Waals surface area contributed by atoms with Gasteiger partial charge in [-0.1, -0.05) is 34.1 Å². The molecule has 0 atom stereocenters. The van der Waals surface area contributed by atoms with Gasteiger partial charge in [0.15, 0.2) is 23.0 Å². The fourth-order valence-electron chi connectivity index (χ4n) is 2.78. The van der Waals surface area contributed by atoms with E-state index < -0.39 is 0 Å². The van der Waals surface area contributed by atoms with Crippen molar-refractivity contribution in [1.82, 2.24) is 0 Å². The third-order valence-corrected chi connectivity index (χ3v) is 4.28. The second-order valence-electron chi connectivity index (χ2n) is 5.19. The minimum atomic E-state index is 0.664. The summed E-state index contributed by atoms with van der Waals surface area (Å²) in [5.74, 6) is 2.77. The molecule has 0 unspecified atom stereocenters. The lowest BCUT2D eigenvalue weighted by Crippen LogP contribution is -1.98. The summed E-state index contributed by atoms with van der Waals surface area (Å²) in [6.07, 6.45) is 0. The maximum Gasteiger partial charge on any atom is 0.173 e. The third-order valence-electron chi connectivity index (χ3n) is 3.79. The van der Waals surface area contributed by atoms with Gasteiger partial charge in [-0.05, 0) is 30.3 Å². The number of para-hydroxylation sites is 1. The molecule has 5 rings (SSSR count). The number of benzene rings is 3. The van der Waals surface area contributed by atoms with Crippen LogP contribution in [-0.2, 0) is 0 Å². The van der Waals surface area contributed by atoms with Crippen LogP contribution in [0.25, 0.3) is 21.9 Å². The van der Waals surface area contributed by atoms with Crippen LogP contribution < -0.4 is 9.47 Å². The molecule has 4 aromatic rings. The van der Waals surface area contributed by atoms with Gasteiger partial charge in [0.05, 0.1) is 0 Å². The fraction of sp³-hybridized carbons (Fsp3) is 0. The average Bonchev–Trinajstić information content (AvgIpc) is 2.88. The van der Waals surface area contributed by atoms with E-state index in [1.165, 1.54) is 0 Å². The second-order valence-corrected chi connectivity index (χ2v) is 6.10. The maximum atomic E-state index is 5.97. The van der Waals surface area contributed by atoms with Crippen molar-refractivity contribution < 1.29 is 13.9 Å². The zero-order valence-electron chi connectivity index (χ0n) is 11.3. The molecule has 0 radical (unpaired) electrons. The molecule has 0 bridgehead atoms. The Morgan fingerprint density at radius 2 is 1.41 bits per heavy atom. The molecule has 1 aliphatic heterocycles. The highest BCUT2D eigenvalue weighted by molar-refractivity contribution is 9.10. The third kappa shape index (κ3) is 1.67. The minimum Gasteiger partial charge on any atom is -0.456 e. The molecular formula is C18H9BrO3. The van der Waals surface area contributed by atoms with E-state index in [2.05, 4.69) is 15.9 Å². The van der Waals surface area contributed by atoms with Gasteiger partial charge in [0.1, 0.15) is 11.2 Å². The summed E-state index contributed by atoms with van der Waals surface area (Å²) in [6, 6.07) is 17.5. The average molecular weight is 353 g/mol. The first kappa shape index (κ1) is 12.1. The highest BCUT2D eigenvalue weighted by atomic mass is 79.9. The molecule has 2 heterocycles. The normalized spacial score (nSPS) is 12.6. The van der Waals surface area contributed by atoms with Gasteiger partial charge in [0, 0.05) is 21.3 Å². The van der Waals surface area contributed by atoms with Crippen LogP contribution >= 0.6 is 15.9 Å². The number of rotatable bonds is 0. The first-order chi connectivity index (χ1) is 10.8. The second kappa shape index (κ2) is 4.27. The first-order valence-corrected chi connectivity index (χ1v) is 7.68. The molecule has 1 aromatic heterocycles. The Hall–Kier alpha value is -2.46. The number of fused-ring (bicyclic) bond motifs is 5. The van der Waals surface area contributed by atoms with E-state index in [-0.39, 0.29) is 0 Å². The molecule has 3 nitrogen and oxygen atoms in total. The lowest BCUT2D eigenvalue weighted by molar-refractivity contribution is 0.359. The van der Waals surface area contributed by atoms with Gasteiger partial charge >= 0.3 is 0 Å². The molecule has 22 heavy (non-hydrogen) atoms. The molecule has 0 aliphatic carbocycles. The Kier molecular flexibility index (Phi) is 2.35. The van der Waals surface area contributed by atoms with Gasteiger partial charge in [0.2, 0.25) is 0 Å². The molecule has 0 fully saturated rings. The summed E-state index contributed by atoms with van der Waals surface area (Å²) in [5, 5.41) is 2.10. The van der Waals surface area contributed by atoms with Gasteiger partial charge in [0.25, 0.3) is 0 Å². The monoisotopic (exact) mass is 352 g/mol. The van der Waals surface area contributed by atoms with Crippen LogP contribution in [-0.4, -0.2) is 0 Å². The highest BCUT2D eigenvalue weighted by Crippen LogP contribution is 2.48. The van der Waals surface area contributed by atoms with Gasteiger partial charge in [-0.3, -0.25) is 0 Å². The topological polar surface area (TPSA) is 31.6 Å². The predicted octanol–water partition coefficient (Wildman–Crippen LogP) is 6.25. The summed E-state index contributed by atoms with van der Waals surface area (Å²) < 4.78 is 18.8. The van der Waals surface area contributed by atoms with Crippen molar-refractivity contribution in [2.24, 2.45) is 0 Å². The van der Waals surface area contributed by atoms with E-state index in [0.29, 0.717) is 23.0 Å². The van der Waals surface area contributed by atoms with Crippen molar-refractivity contribution >= 4 is 37.9 Å². The summed E-state index contributed by atoms with van der Waals surface area (Å²) in [6.45, 7) is 0. The molecule has 0 spiro atoms. The zero-order valence-corrected chi connectivity index (χ0v) is 12.9. The molecule has 0 N–H and O–H groups in total. The molecule has 4 heteroatoms. The number of furan rings is 1. The van der Waals surface area contributed by atoms with Crippen LogP contribution in [0.1, 0.15) is 0 Å². The lowest BCUT2D eigenvalue weighted by Gasteiger charge is -2.20. The van der Waals surface area contributed by atoms with Crippen molar-refractivity contribution in [2.45, 2.75) is 0 Å². The van der Waals surface area contributed by atoms with Crippen molar-refractivity contribution in [3.8, 4) is 23.0 Å². The molecule has 0 amide bonds. The molecule has 106 valence electrons. The van der Waals surface area contributed by atoms with Crippen LogP contribution in [0.15, 0.2) is 63.5 Å². The maximum absolute atomic E-state index is 5.97. The summed E-state index contributed by atoms with van der Waals surface area (Å²) in [5.41, 5.74) is 1.65. The number of halogens is 1. The van der Waals surface area contributed by atoms with Gasteiger partial charge in [-0.15, -0.1) is 0 Å². The Bertz CT molecular complexity index is 1050. The molecular weight excluding hydrogens is 344 g/mol. The fourth-order valence-corrected chi connectivity index (χ4v) is 3.12. The van der Waals surface area contributed by atoms with E-state index >= 15 is 0 Å². The van der Waals surface area contributed by atoms with E-state index in [1.54, 1.807) is 0 Å². The van der Waals surface area contributed by atoms with Crippen molar-refractivity contribution in [2.75, 3.05) is 0 Å². The van der Waals surface area contributed by atoms with E-state index in [9.17, 15) is 0 Å². The minimum absolute atomic E-state index is 0.664. The first-order valence-electron chi connectivity index (χ1n) is 6.88. The van der Waals surface area contributed by atoms with Crippen LogP contribution in [0, 0.1) is 0 Å². The number of ether oxygens (including phenoxy) is 2. The van der Waals surface area contributed by atoms with Crippen LogP contribution in [0.5, 0.6) is 23.0 Å². The van der Waals surface area contributed by atoms with Crippen molar-refractivity contribution in [3.05, 3.63) is 59.1 Å². The number of hydrogen-bond donors (Lipinski definition) is 0. The van der Waals surface area contributed by atoms with E-state index in [4.69, 9.17) is 13.9 Å². The smallest absolute Gasteiger partial charge is 0.173 e. The van der Waals surface area contributed by atoms with Gasteiger partial charge in [-0.2, -0.15) is 0 Å². The Morgan fingerprint density at radius 1 is 0.636 bits per heavy atom. The summed E-state index contributed by atoms with van der Waals surface area (Å²) in [4.78, 5) is 0. The van der Waals surface area contributed by atoms with Crippen molar-refractivity contribution in [3.63, 3.8) is 0 Å². The Balaban J connectivity index is 1.75. The Morgan fingerprint density at radius 3 is 2.36 bits per heavy atom. The highest BCUT2D eigenvalue weighted by Gasteiger charge is 2.21. The molecule has 1 aliphatic rings. The number of hydrogen-bond acceptors (Lipinski definition) is 3. The van der Waals surface area contributed by atoms with Gasteiger partial charge in [-0.25, -0.2) is 0 Å². The van der Waals surface area contributed by atoms with Crippen molar-refractivity contribution in [1.29, 1.82) is 0 Å². The molecule has 0 saturated heterocycles. The predicted molar refractivity (Wildman–Crippen MR) is 88.0 cm³/mol. The molecule has 0 saturated carbocycles. The van der Waals surface area contributed by atoms with Crippen LogP contribution in [0.4, 0.5) is 0 Å². The zero-order chi connectivity index (χ0) is 14.7. The quantitative estimate of drug-likeness (QED) is 0.330. The lowest BCUT2D eigenvalue weighted by atomic mass is 10.1. The standard InChI is InChI=1S/C18H9BrO3/c19-10-5-6-14-16(7-10)22-18-9-15-12(8-17(18)21-14)11-3-1-2-4-13(11)20-15/h1-9H. The summed E-state index contributed by atoms with van der Waals surface area (Å²) in [7, 11) is 0. The van der Waals surface area contributed by atoms with E-state index in [0.717, 1.165) is 26.4 Å². The molecule has 3 aromatic carbocycles. The SMILES string of the molecule is Brc1ccc2c(c1)Oc1cc3oc4ccccc4c3cc1O2. The summed E-state index contributed by atoms with van der Waals surface area (Å²) >= 11 is 3.44.